The van der Waals surface area contributed by atoms with Crippen LogP contribution in [0.2, 0.25) is 0 Å². The van der Waals surface area contributed by atoms with Crippen LogP contribution in [0.5, 0.6) is 0 Å². The Balaban J connectivity index is 1.27. The van der Waals surface area contributed by atoms with Crippen molar-refractivity contribution in [1.82, 2.24) is 19.7 Å². The number of imidazole rings is 1. The molecule has 10 heteroatoms. The summed E-state index contributed by atoms with van der Waals surface area (Å²) in [7, 11) is 0. The molecule has 1 amide bonds. The first kappa shape index (κ1) is 22.6. The van der Waals surface area contributed by atoms with Gasteiger partial charge in [0.1, 0.15) is 0 Å². The Hall–Kier alpha value is -2.23. The SMILES string of the molecule is NC(c1cn2ccc([C@@H](NC(=O)CC3CC(F)(F)C3)C3CC3)nc2n1)C1CCC(F)(F)CC1. The molecule has 0 aliphatic heterocycles. The van der Waals surface area contributed by atoms with E-state index in [-0.39, 0.29) is 61.8 Å². The molecule has 3 fully saturated rings. The van der Waals surface area contributed by atoms with Gasteiger partial charge in [0, 0.05) is 44.5 Å². The summed E-state index contributed by atoms with van der Waals surface area (Å²) >= 11 is 0. The van der Waals surface area contributed by atoms with Crippen LogP contribution < -0.4 is 11.1 Å². The van der Waals surface area contributed by atoms with Crippen LogP contribution in [-0.2, 0) is 4.79 Å². The van der Waals surface area contributed by atoms with E-state index in [9.17, 15) is 22.4 Å². The van der Waals surface area contributed by atoms with Gasteiger partial charge in [0.15, 0.2) is 0 Å². The molecular weight excluding hydrogens is 438 g/mol. The number of hydrogen-bond acceptors (Lipinski definition) is 4. The molecule has 0 radical (unpaired) electrons. The number of alkyl halides is 4. The molecule has 0 aromatic carbocycles. The number of carbonyl (C=O) groups excluding carboxylic acids is 1. The molecule has 1 unspecified atom stereocenters. The fraction of sp³-hybridized carbons (Fsp3) is 0.696. The van der Waals surface area contributed by atoms with E-state index in [0.29, 0.717) is 30.0 Å². The minimum Gasteiger partial charge on any atom is -0.347 e. The third-order valence-corrected chi connectivity index (χ3v) is 7.35. The molecule has 2 aromatic heterocycles. The Labute approximate surface area is 189 Å². The van der Waals surface area contributed by atoms with Gasteiger partial charge in [0.2, 0.25) is 23.5 Å². The zero-order valence-electron chi connectivity index (χ0n) is 18.3. The molecule has 33 heavy (non-hydrogen) atoms. The summed E-state index contributed by atoms with van der Waals surface area (Å²) in [5.41, 5.74) is 7.67. The summed E-state index contributed by atoms with van der Waals surface area (Å²) in [6.07, 6.45) is 5.60. The smallest absolute Gasteiger partial charge is 0.248 e. The minimum absolute atomic E-state index is 0.0496. The molecule has 2 heterocycles. The number of halogens is 4. The predicted molar refractivity (Wildman–Crippen MR) is 113 cm³/mol. The van der Waals surface area contributed by atoms with E-state index in [1.807, 2.05) is 12.3 Å². The van der Waals surface area contributed by atoms with E-state index in [0.717, 1.165) is 12.8 Å². The zero-order valence-corrected chi connectivity index (χ0v) is 18.3. The fourth-order valence-electron chi connectivity index (χ4n) is 5.19. The summed E-state index contributed by atoms with van der Waals surface area (Å²) in [6.45, 7) is 0. The highest BCUT2D eigenvalue weighted by atomic mass is 19.3. The Bertz CT molecular complexity index is 1020. The fourth-order valence-corrected chi connectivity index (χ4v) is 5.19. The van der Waals surface area contributed by atoms with Crippen LogP contribution in [0.4, 0.5) is 17.6 Å². The molecule has 0 spiro atoms. The maximum Gasteiger partial charge on any atom is 0.248 e. The molecule has 2 atom stereocenters. The Kier molecular flexibility index (Phi) is 5.61. The molecule has 3 N–H and O–H groups in total. The van der Waals surface area contributed by atoms with Crippen molar-refractivity contribution in [3.63, 3.8) is 0 Å². The van der Waals surface area contributed by atoms with Crippen molar-refractivity contribution < 1.29 is 22.4 Å². The number of hydrogen-bond donors (Lipinski definition) is 2. The number of nitrogens with zero attached hydrogens (tertiary/aromatic N) is 3. The van der Waals surface area contributed by atoms with Crippen LogP contribution in [0.15, 0.2) is 18.5 Å². The first-order valence-electron chi connectivity index (χ1n) is 11.7. The Morgan fingerprint density at radius 1 is 1.06 bits per heavy atom. The highest BCUT2D eigenvalue weighted by Gasteiger charge is 2.46. The van der Waals surface area contributed by atoms with Gasteiger partial charge in [-0.05, 0) is 49.5 Å². The van der Waals surface area contributed by atoms with Crippen LogP contribution in [0.1, 0.15) is 81.3 Å². The number of nitrogens with two attached hydrogens (primary N) is 1. The van der Waals surface area contributed by atoms with E-state index in [1.54, 1.807) is 10.6 Å². The first-order chi connectivity index (χ1) is 15.6. The van der Waals surface area contributed by atoms with E-state index >= 15 is 0 Å². The molecule has 0 saturated heterocycles. The predicted octanol–water partition coefficient (Wildman–Crippen LogP) is 4.56. The quantitative estimate of drug-likeness (QED) is 0.585. The number of fused-ring (bicyclic) bond motifs is 1. The van der Waals surface area contributed by atoms with Crippen LogP contribution in [0.25, 0.3) is 5.78 Å². The van der Waals surface area contributed by atoms with Crippen molar-refractivity contribution in [3.8, 4) is 0 Å². The third kappa shape index (κ3) is 5.00. The molecule has 3 aliphatic rings. The van der Waals surface area contributed by atoms with Crippen molar-refractivity contribution >= 4 is 11.7 Å². The second kappa shape index (κ2) is 8.21. The van der Waals surface area contributed by atoms with Gasteiger partial charge in [0.05, 0.1) is 23.5 Å². The highest BCUT2D eigenvalue weighted by molar-refractivity contribution is 5.77. The normalized spacial score (nSPS) is 24.9. The van der Waals surface area contributed by atoms with Crippen LogP contribution in [0.3, 0.4) is 0 Å². The van der Waals surface area contributed by atoms with Gasteiger partial charge in [-0.25, -0.2) is 27.5 Å². The molecule has 180 valence electrons. The second-order valence-corrected chi connectivity index (χ2v) is 10.2. The van der Waals surface area contributed by atoms with Gasteiger partial charge in [0.25, 0.3) is 0 Å². The van der Waals surface area contributed by atoms with Crippen molar-refractivity contribution in [3.05, 3.63) is 29.8 Å². The third-order valence-electron chi connectivity index (χ3n) is 7.35. The standard InChI is InChI=1S/C23H29F4N5O/c24-22(25)6-3-14(4-7-22)19(28)17-12-32-8-5-16(29-21(32)30-17)20(15-1-2-15)31-18(33)9-13-10-23(26,27)11-13/h5,8,12-15,19-20H,1-4,6-7,9-11,28H2,(H,31,33)/t19?,20-/m0/s1. The number of rotatable bonds is 7. The van der Waals surface area contributed by atoms with Crippen molar-refractivity contribution in [2.75, 3.05) is 0 Å². The molecule has 3 aliphatic carbocycles. The van der Waals surface area contributed by atoms with E-state index in [2.05, 4.69) is 15.3 Å². The molecule has 2 aromatic rings. The van der Waals surface area contributed by atoms with Crippen LogP contribution in [-0.4, -0.2) is 32.1 Å². The maximum absolute atomic E-state index is 13.5. The average Bonchev–Trinajstić information content (AvgIpc) is 3.48. The molecular formula is C23H29F4N5O. The lowest BCUT2D eigenvalue weighted by molar-refractivity contribution is -0.134. The number of amides is 1. The van der Waals surface area contributed by atoms with Gasteiger partial charge in [-0.3, -0.25) is 9.20 Å². The van der Waals surface area contributed by atoms with E-state index < -0.39 is 17.9 Å². The molecule has 5 rings (SSSR count). The Morgan fingerprint density at radius 2 is 1.73 bits per heavy atom. The summed E-state index contributed by atoms with van der Waals surface area (Å²) in [6, 6.07) is 1.11. The van der Waals surface area contributed by atoms with Gasteiger partial charge in [-0.1, -0.05) is 0 Å². The zero-order chi connectivity index (χ0) is 23.4. The number of aromatic nitrogens is 3. The summed E-state index contributed by atoms with van der Waals surface area (Å²) < 4.78 is 54.9. The maximum atomic E-state index is 13.5. The first-order valence-corrected chi connectivity index (χ1v) is 11.7. The lowest BCUT2D eigenvalue weighted by Crippen LogP contribution is -2.39. The molecule has 0 bridgehead atoms. The van der Waals surface area contributed by atoms with Crippen LogP contribution in [0, 0.1) is 17.8 Å². The topological polar surface area (TPSA) is 85.3 Å². The van der Waals surface area contributed by atoms with Gasteiger partial charge < -0.3 is 11.1 Å². The van der Waals surface area contributed by atoms with E-state index in [1.165, 1.54) is 0 Å². The van der Waals surface area contributed by atoms with Crippen LogP contribution >= 0.6 is 0 Å². The Morgan fingerprint density at radius 3 is 2.36 bits per heavy atom. The molecule has 3 saturated carbocycles. The van der Waals surface area contributed by atoms with Gasteiger partial charge >= 0.3 is 0 Å². The molecule has 6 nitrogen and oxygen atoms in total. The van der Waals surface area contributed by atoms with Gasteiger partial charge in [-0.15, -0.1) is 0 Å². The lowest BCUT2D eigenvalue weighted by atomic mass is 9.79. The number of carbonyl (C=O) groups is 1. The largest absolute Gasteiger partial charge is 0.347 e. The second-order valence-electron chi connectivity index (χ2n) is 10.2. The summed E-state index contributed by atoms with van der Waals surface area (Å²) in [5, 5.41) is 3.00. The van der Waals surface area contributed by atoms with E-state index in [4.69, 9.17) is 5.73 Å². The number of nitrogens with one attached hydrogen (secondary N) is 1. The van der Waals surface area contributed by atoms with Gasteiger partial charge in [-0.2, -0.15) is 0 Å². The highest BCUT2D eigenvalue weighted by Crippen LogP contribution is 2.45. The summed E-state index contributed by atoms with van der Waals surface area (Å²) in [5.74, 6) is -5.07. The van der Waals surface area contributed by atoms with Crippen molar-refractivity contribution in [2.45, 2.75) is 81.7 Å². The van der Waals surface area contributed by atoms with Crippen molar-refractivity contribution in [2.24, 2.45) is 23.5 Å². The van der Waals surface area contributed by atoms with Crippen molar-refractivity contribution in [1.29, 1.82) is 0 Å². The lowest BCUT2D eigenvalue weighted by Gasteiger charge is -2.34. The minimum atomic E-state index is -2.63. The summed E-state index contributed by atoms with van der Waals surface area (Å²) in [4.78, 5) is 21.7. The monoisotopic (exact) mass is 467 g/mol. The average molecular weight is 468 g/mol.